The van der Waals surface area contributed by atoms with Crippen LogP contribution in [0.1, 0.15) is 30.9 Å². The lowest BCUT2D eigenvalue weighted by molar-refractivity contribution is 0.183. The molecule has 2 N–H and O–H groups in total. The van der Waals surface area contributed by atoms with E-state index >= 15 is 0 Å². The first-order valence-electron chi connectivity index (χ1n) is 6.96. The lowest BCUT2D eigenvalue weighted by atomic mass is 10.2. The van der Waals surface area contributed by atoms with Crippen molar-refractivity contribution in [2.75, 3.05) is 39.8 Å². The molecular formula is C14H25N3O. The van der Waals surface area contributed by atoms with E-state index in [0.717, 1.165) is 37.6 Å². The average molecular weight is 251 g/mol. The Bertz CT molecular complexity index is 364. The molecule has 0 aliphatic carbocycles. The minimum absolute atomic E-state index is 0.233. The van der Waals surface area contributed by atoms with E-state index in [0.29, 0.717) is 6.54 Å². The fourth-order valence-electron chi connectivity index (χ4n) is 2.59. The zero-order valence-electron chi connectivity index (χ0n) is 11.6. The largest absolute Gasteiger partial charge is 0.464 e. The minimum atomic E-state index is 0.233. The first kappa shape index (κ1) is 13.6. The van der Waals surface area contributed by atoms with E-state index in [4.69, 9.17) is 10.2 Å². The Labute approximate surface area is 110 Å². The first-order valence-corrected chi connectivity index (χ1v) is 6.96. The molecule has 0 radical (unpaired) electrons. The van der Waals surface area contributed by atoms with Crippen LogP contribution < -0.4 is 5.73 Å². The summed E-state index contributed by atoms with van der Waals surface area (Å²) in [6, 6.07) is 4.39. The van der Waals surface area contributed by atoms with E-state index in [1.165, 1.54) is 13.0 Å². The van der Waals surface area contributed by atoms with Gasteiger partial charge in [-0.15, -0.1) is 0 Å². The molecule has 4 heteroatoms. The van der Waals surface area contributed by atoms with Gasteiger partial charge in [-0.25, -0.2) is 0 Å². The van der Waals surface area contributed by atoms with Gasteiger partial charge in [0.2, 0.25) is 0 Å². The fraction of sp³-hybridized carbons (Fsp3) is 0.714. The quantitative estimate of drug-likeness (QED) is 0.880. The Kier molecular flexibility index (Phi) is 4.80. The highest BCUT2D eigenvalue weighted by atomic mass is 16.3. The summed E-state index contributed by atoms with van der Waals surface area (Å²) in [6.07, 6.45) is 2.15. The molecule has 18 heavy (non-hydrogen) atoms. The topological polar surface area (TPSA) is 45.6 Å². The average Bonchev–Trinajstić information content (AvgIpc) is 2.75. The summed E-state index contributed by atoms with van der Waals surface area (Å²) in [5, 5.41) is 0. The number of furan rings is 1. The highest BCUT2D eigenvalue weighted by Crippen LogP contribution is 2.23. The SMILES string of the molecule is CCc1ccc(C(CN)N2CCCN(C)CC2)o1. The second-order valence-electron chi connectivity index (χ2n) is 5.10. The van der Waals surface area contributed by atoms with E-state index in [9.17, 15) is 0 Å². The summed E-state index contributed by atoms with van der Waals surface area (Å²) in [4.78, 5) is 4.84. The molecule has 0 amide bonds. The first-order chi connectivity index (χ1) is 8.74. The summed E-state index contributed by atoms with van der Waals surface area (Å²) >= 11 is 0. The van der Waals surface area contributed by atoms with Crippen LogP contribution in [0.4, 0.5) is 0 Å². The van der Waals surface area contributed by atoms with Crippen molar-refractivity contribution in [3.05, 3.63) is 23.7 Å². The van der Waals surface area contributed by atoms with Crippen LogP contribution in [0.15, 0.2) is 16.5 Å². The molecule has 1 aromatic heterocycles. The molecule has 0 saturated carbocycles. The molecule has 4 nitrogen and oxygen atoms in total. The minimum Gasteiger partial charge on any atom is -0.464 e. The van der Waals surface area contributed by atoms with Gasteiger partial charge < -0.3 is 15.1 Å². The maximum atomic E-state index is 5.96. The molecule has 2 heterocycles. The zero-order valence-corrected chi connectivity index (χ0v) is 11.6. The summed E-state index contributed by atoms with van der Waals surface area (Å²) < 4.78 is 5.87. The maximum Gasteiger partial charge on any atom is 0.122 e. The molecule has 2 rings (SSSR count). The van der Waals surface area contributed by atoms with E-state index in [-0.39, 0.29) is 6.04 Å². The third-order valence-electron chi connectivity index (χ3n) is 3.78. The summed E-state index contributed by atoms with van der Waals surface area (Å²) in [7, 11) is 2.18. The zero-order chi connectivity index (χ0) is 13.0. The Morgan fingerprint density at radius 3 is 2.78 bits per heavy atom. The van der Waals surface area contributed by atoms with Crippen LogP contribution >= 0.6 is 0 Å². The molecule has 1 aliphatic rings. The van der Waals surface area contributed by atoms with Gasteiger partial charge in [0, 0.05) is 32.6 Å². The lowest BCUT2D eigenvalue weighted by Crippen LogP contribution is -2.36. The van der Waals surface area contributed by atoms with Crippen LogP contribution in [0.2, 0.25) is 0 Å². The van der Waals surface area contributed by atoms with Crippen LogP contribution in [-0.2, 0) is 6.42 Å². The van der Waals surface area contributed by atoms with Crippen molar-refractivity contribution in [1.82, 2.24) is 9.80 Å². The molecule has 0 spiro atoms. The van der Waals surface area contributed by atoms with Crippen molar-refractivity contribution in [1.29, 1.82) is 0 Å². The molecule has 1 unspecified atom stereocenters. The predicted octanol–water partition coefficient (Wildman–Crippen LogP) is 1.48. The highest BCUT2D eigenvalue weighted by Gasteiger charge is 2.23. The molecule has 0 bridgehead atoms. The van der Waals surface area contributed by atoms with Gasteiger partial charge in [0.25, 0.3) is 0 Å². The van der Waals surface area contributed by atoms with E-state index in [2.05, 4.69) is 35.9 Å². The van der Waals surface area contributed by atoms with Crippen molar-refractivity contribution in [3.63, 3.8) is 0 Å². The summed E-state index contributed by atoms with van der Waals surface area (Å²) in [6.45, 7) is 7.19. The molecule has 1 saturated heterocycles. The Morgan fingerprint density at radius 1 is 1.28 bits per heavy atom. The molecule has 1 fully saturated rings. The number of likely N-dealkylation sites (N-methyl/N-ethyl adjacent to an activating group) is 1. The maximum absolute atomic E-state index is 5.96. The Morgan fingerprint density at radius 2 is 2.11 bits per heavy atom. The van der Waals surface area contributed by atoms with Crippen LogP contribution in [-0.4, -0.2) is 49.6 Å². The Hall–Kier alpha value is -0.840. The molecular weight excluding hydrogens is 226 g/mol. The second-order valence-corrected chi connectivity index (χ2v) is 5.10. The van der Waals surface area contributed by atoms with Crippen molar-refractivity contribution < 1.29 is 4.42 Å². The van der Waals surface area contributed by atoms with Crippen LogP contribution in [0, 0.1) is 0 Å². The molecule has 1 aromatic rings. The van der Waals surface area contributed by atoms with Gasteiger partial charge in [-0.3, -0.25) is 4.90 Å². The van der Waals surface area contributed by atoms with Gasteiger partial charge >= 0.3 is 0 Å². The normalized spacial score (nSPS) is 20.8. The fourth-order valence-corrected chi connectivity index (χ4v) is 2.59. The summed E-state index contributed by atoms with van der Waals surface area (Å²) in [5.41, 5.74) is 5.96. The van der Waals surface area contributed by atoms with Crippen molar-refractivity contribution in [2.24, 2.45) is 5.73 Å². The van der Waals surface area contributed by atoms with Gasteiger partial charge in [-0.2, -0.15) is 0 Å². The van der Waals surface area contributed by atoms with Gasteiger partial charge in [0.1, 0.15) is 11.5 Å². The van der Waals surface area contributed by atoms with Crippen molar-refractivity contribution in [2.45, 2.75) is 25.8 Å². The smallest absolute Gasteiger partial charge is 0.122 e. The van der Waals surface area contributed by atoms with Gasteiger partial charge in [-0.1, -0.05) is 6.92 Å². The lowest BCUT2D eigenvalue weighted by Gasteiger charge is -2.28. The standard InChI is InChI=1S/C14H25N3O/c1-3-12-5-6-14(18-12)13(11-15)17-8-4-7-16(2)9-10-17/h5-6,13H,3-4,7-11,15H2,1-2H3. The van der Waals surface area contributed by atoms with Crippen LogP contribution in [0.5, 0.6) is 0 Å². The molecule has 1 aliphatic heterocycles. The van der Waals surface area contributed by atoms with Gasteiger partial charge in [0.15, 0.2) is 0 Å². The second kappa shape index (κ2) is 6.36. The number of aryl methyl sites for hydroxylation is 1. The Balaban J connectivity index is 2.07. The van der Waals surface area contributed by atoms with Crippen LogP contribution in [0.3, 0.4) is 0 Å². The van der Waals surface area contributed by atoms with Crippen molar-refractivity contribution >= 4 is 0 Å². The molecule has 102 valence electrons. The van der Waals surface area contributed by atoms with Crippen LogP contribution in [0.25, 0.3) is 0 Å². The number of rotatable bonds is 4. The van der Waals surface area contributed by atoms with Crippen molar-refractivity contribution in [3.8, 4) is 0 Å². The number of hydrogen-bond donors (Lipinski definition) is 1. The number of nitrogens with zero attached hydrogens (tertiary/aromatic N) is 2. The molecule has 0 aromatic carbocycles. The molecule has 1 atom stereocenters. The summed E-state index contributed by atoms with van der Waals surface area (Å²) in [5.74, 6) is 2.08. The van der Waals surface area contributed by atoms with E-state index in [1.54, 1.807) is 0 Å². The number of hydrogen-bond acceptors (Lipinski definition) is 4. The van der Waals surface area contributed by atoms with E-state index in [1.807, 2.05) is 0 Å². The van der Waals surface area contributed by atoms with E-state index < -0.39 is 0 Å². The number of nitrogens with two attached hydrogens (primary N) is 1. The third kappa shape index (κ3) is 3.13. The van der Waals surface area contributed by atoms with Gasteiger partial charge in [0.05, 0.1) is 6.04 Å². The third-order valence-corrected chi connectivity index (χ3v) is 3.78. The highest BCUT2D eigenvalue weighted by molar-refractivity contribution is 5.11. The van der Waals surface area contributed by atoms with Gasteiger partial charge in [-0.05, 0) is 32.1 Å². The predicted molar refractivity (Wildman–Crippen MR) is 73.6 cm³/mol. The monoisotopic (exact) mass is 251 g/mol.